The molecule has 1 aliphatic carbocycles. The van der Waals surface area contributed by atoms with Gasteiger partial charge in [-0.1, -0.05) is 13.8 Å². The zero-order valence-electron chi connectivity index (χ0n) is 11.7. The maximum Gasteiger partial charge on any atom is 0.141 e. The van der Waals surface area contributed by atoms with Crippen molar-refractivity contribution in [2.45, 2.75) is 32.7 Å². The van der Waals surface area contributed by atoms with Crippen LogP contribution in [0.25, 0.3) is 0 Å². The van der Waals surface area contributed by atoms with Crippen LogP contribution in [0.5, 0.6) is 5.75 Å². The van der Waals surface area contributed by atoms with Crippen LogP contribution in [-0.4, -0.2) is 13.7 Å². The lowest BCUT2D eigenvalue weighted by Gasteiger charge is -2.22. The Kier molecular flexibility index (Phi) is 4.85. The van der Waals surface area contributed by atoms with Gasteiger partial charge in [0.25, 0.3) is 0 Å². The van der Waals surface area contributed by atoms with Crippen LogP contribution in [-0.2, 0) is 0 Å². The Balaban J connectivity index is 2.31. The zero-order valence-corrected chi connectivity index (χ0v) is 13.3. The molecule has 1 aliphatic rings. The summed E-state index contributed by atoms with van der Waals surface area (Å²) >= 11 is 3.27. The number of halogens is 2. The van der Waals surface area contributed by atoms with Crippen LogP contribution in [0.15, 0.2) is 16.6 Å². The minimum absolute atomic E-state index is 0.252. The second-order valence-electron chi connectivity index (χ2n) is 5.32. The van der Waals surface area contributed by atoms with Gasteiger partial charge in [-0.25, -0.2) is 4.39 Å². The van der Waals surface area contributed by atoms with E-state index < -0.39 is 0 Å². The second-order valence-corrected chi connectivity index (χ2v) is 6.17. The summed E-state index contributed by atoms with van der Waals surface area (Å²) in [4.78, 5) is 0. The van der Waals surface area contributed by atoms with Crippen molar-refractivity contribution < 1.29 is 9.13 Å². The van der Waals surface area contributed by atoms with E-state index in [4.69, 9.17) is 4.74 Å². The molecular formula is C15H21BrFNO. The van der Waals surface area contributed by atoms with Gasteiger partial charge in [-0.15, -0.1) is 0 Å². The van der Waals surface area contributed by atoms with Crippen LogP contribution >= 0.6 is 15.9 Å². The Bertz CT molecular complexity index is 452. The molecule has 0 bridgehead atoms. The molecule has 3 atom stereocenters. The van der Waals surface area contributed by atoms with Gasteiger partial charge in [-0.2, -0.15) is 0 Å². The number of hydrogen-bond donors (Lipinski definition) is 1. The molecule has 0 spiro atoms. The molecule has 1 aromatic carbocycles. The van der Waals surface area contributed by atoms with Gasteiger partial charge in [-0.3, -0.25) is 0 Å². The predicted molar refractivity (Wildman–Crippen MR) is 79.0 cm³/mol. The van der Waals surface area contributed by atoms with Crippen molar-refractivity contribution in [2.75, 3.05) is 13.7 Å². The highest BCUT2D eigenvalue weighted by molar-refractivity contribution is 9.10. The Hall–Kier alpha value is -0.610. The highest BCUT2D eigenvalue weighted by Gasteiger charge is 2.41. The van der Waals surface area contributed by atoms with Gasteiger partial charge in [0.15, 0.2) is 0 Å². The molecule has 0 saturated heterocycles. The van der Waals surface area contributed by atoms with E-state index in [0.717, 1.165) is 24.4 Å². The summed E-state index contributed by atoms with van der Waals surface area (Å²) in [6.07, 6.45) is 2.31. The molecule has 0 aromatic heterocycles. The van der Waals surface area contributed by atoms with Crippen molar-refractivity contribution in [3.05, 3.63) is 28.0 Å². The van der Waals surface area contributed by atoms with Gasteiger partial charge in [0.05, 0.1) is 11.6 Å². The van der Waals surface area contributed by atoms with Crippen molar-refractivity contribution in [1.29, 1.82) is 0 Å². The van der Waals surface area contributed by atoms with E-state index in [-0.39, 0.29) is 11.9 Å². The topological polar surface area (TPSA) is 21.3 Å². The molecular weight excluding hydrogens is 309 g/mol. The van der Waals surface area contributed by atoms with Gasteiger partial charge in [-0.05, 0) is 53.2 Å². The van der Waals surface area contributed by atoms with Crippen LogP contribution in [0.1, 0.15) is 38.3 Å². The number of rotatable bonds is 6. The van der Waals surface area contributed by atoms with Gasteiger partial charge in [0.2, 0.25) is 0 Å². The normalized spacial score (nSPS) is 23.2. The van der Waals surface area contributed by atoms with Gasteiger partial charge in [0, 0.05) is 17.7 Å². The molecule has 0 radical (unpaired) electrons. The first-order valence-electron chi connectivity index (χ1n) is 6.84. The first-order valence-corrected chi connectivity index (χ1v) is 7.64. The van der Waals surface area contributed by atoms with E-state index in [2.05, 4.69) is 35.1 Å². The largest absolute Gasteiger partial charge is 0.496 e. The van der Waals surface area contributed by atoms with Crippen molar-refractivity contribution in [2.24, 2.45) is 11.8 Å². The Morgan fingerprint density at radius 2 is 2.21 bits per heavy atom. The van der Waals surface area contributed by atoms with Gasteiger partial charge in [0.1, 0.15) is 11.6 Å². The zero-order chi connectivity index (χ0) is 14.0. The van der Waals surface area contributed by atoms with Crippen molar-refractivity contribution in [1.82, 2.24) is 5.32 Å². The molecule has 1 saturated carbocycles. The fraction of sp³-hybridized carbons (Fsp3) is 0.600. The summed E-state index contributed by atoms with van der Waals surface area (Å²) in [6.45, 7) is 5.38. The molecule has 1 N–H and O–H groups in total. The number of benzene rings is 1. The molecule has 19 heavy (non-hydrogen) atoms. The van der Waals surface area contributed by atoms with E-state index in [1.807, 2.05) is 6.07 Å². The van der Waals surface area contributed by atoms with Gasteiger partial charge >= 0.3 is 0 Å². The average molecular weight is 330 g/mol. The highest BCUT2D eigenvalue weighted by atomic mass is 79.9. The van der Waals surface area contributed by atoms with Crippen molar-refractivity contribution >= 4 is 15.9 Å². The van der Waals surface area contributed by atoms with Crippen molar-refractivity contribution in [3.63, 3.8) is 0 Å². The lowest BCUT2D eigenvalue weighted by Crippen LogP contribution is -2.25. The third kappa shape index (κ3) is 3.29. The Morgan fingerprint density at radius 3 is 2.74 bits per heavy atom. The minimum atomic E-state index is -0.279. The SMILES string of the molecule is CCCNC(c1cc(Br)c(F)cc1OC)C1CC1C. The third-order valence-corrected chi connectivity index (χ3v) is 4.43. The standard InChI is InChI=1S/C15H21BrFNO/c1-4-5-18-15(10-6-9(10)2)11-7-12(16)13(17)8-14(11)19-3/h7-10,15,18H,4-6H2,1-3H3. The molecule has 3 unspecified atom stereocenters. The smallest absolute Gasteiger partial charge is 0.141 e. The molecule has 0 amide bonds. The summed E-state index contributed by atoms with van der Waals surface area (Å²) in [7, 11) is 1.60. The Morgan fingerprint density at radius 1 is 1.53 bits per heavy atom. The van der Waals surface area contributed by atoms with Gasteiger partial charge < -0.3 is 10.1 Å². The van der Waals surface area contributed by atoms with Crippen LogP contribution in [0.2, 0.25) is 0 Å². The fourth-order valence-corrected chi connectivity index (χ4v) is 2.93. The summed E-state index contributed by atoms with van der Waals surface area (Å²) in [6, 6.07) is 3.57. The lowest BCUT2D eigenvalue weighted by atomic mass is 9.99. The number of methoxy groups -OCH3 is 1. The summed E-state index contributed by atoms with van der Waals surface area (Å²) in [5, 5.41) is 3.58. The molecule has 2 nitrogen and oxygen atoms in total. The quantitative estimate of drug-likeness (QED) is 0.840. The molecule has 1 aromatic rings. The maximum absolute atomic E-state index is 13.6. The monoisotopic (exact) mass is 329 g/mol. The number of hydrogen-bond acceptors (Lipinski definition) is 2. The molecule has 106 valence electrons. The molecule has 4 heteroatoms. The summed E-state index contributed by atoms with van der Waals surface area (Å²) in [5.74, 6) is 1.70. The molecule has 0 aliphatic heterocycles. The molecule has 2 rings (SSSR count). The van der Waals surface area contributed by atoms with Crippen LogP contribution in [0.3, 0.4) is 0 Å². The summed E-state index contributed by atoms with van der Waals surface area (Å²) < 4.78 is 19.5. The van der Waals surface area contributed by atoms with Crippen molar-refractivity contribution in [3.8, 4) is 5.75 Å². The Labute approximate surface area is 122 Å². The summed E-state index contributed by atoms with van der Waals surface area (Å²) in [5.41, 5.74) is 1.05. The maximum atomic E-state index is 13.6. The minimum Gasteiger partial charge on any atom is -0.496 e. The van der Waals surface area contributed by atoms with Crippen LogP contribution in [0.4, 0.5) is 4.39 Å². The van der Waals surface area contributed by atoms with E-state index in [0.29, 0.717) is 16.1 Å². The lowest BCUT2D eigenvalue weighted by molar-refractivity contribution is 0.384. The first kappa shape index (κ1) is 14.8. The van der Waals surface area contributed by atoms with E-state index >= 15 is 0 Å². The number of ether oxygens (including phenoxy) is 1. The third-order valence-electron chi connectivity index (χ3n) is 3.82. The molecule has 0 heterocycles. The van der Waals surface area contributed by atoms with E-state index in [9.17, 15) is 4.39 Å². The predicted octanol–water partition coefficient (Wildman–Crippen LogP) is 4.29. The average Bonchev–Trinajstić information content (AvgIpc) is 3.10. The molecule has 1 fully saturated rings. The van der Waals surface area contributed by atoms with Crippen LogP contribution in [0, 0.1) is 17.7 Å². The fourth-order valence-electron chi connectivity index (χ4n) is 2.57. The second kappa shape index (κ2) is 6.23. The highest BCUT2D eigenvalue weighted by Crippen LogP contribution is 2.49. The van der Waals surface area contributed by atoms with Crippen LogP contribution < -0.4 is 10.1 Å². The van der Waals surface area contributed by atoms with E-state index in [1.165, 1.54) is 12.5 Å². The van der Waals surface area contributed by atoms with E-state index in [1.54, 1.807) is 7.11 Å². The first-order chi connectivity index (χ1) is 9.08. The number of nitrogens with one attached hydrogen (secondary N) is 1.